The summed E-state index contributed by atoms with van der Waals surface area (Å²) in [5, 5.41) is 4.06. The highest BCUT2D eigenvalue weighted by Gasteiger charge is 2.29. The molecule has 4 nitrogen and oxygen atoms in total. The van der Waals surface area contributed by atoms with E-state index >= 15 is 0 Å². The van der Waals surface area contributed by atoms with Crippen LogP contribution in [0.4, 0.5) is 0 Å². The Balaban J connectivity index is 0.00000243. The molecule has 2 aromatic rings. The summed E-state index contributed by atoms with van der Waals surface area (Å²) >= 11 is 6.37. The molecule has 1 atom stereocenters. The molecule has 6 heteroatoms. The van der Waals surface area contributed by atoms with Crippen molar-refractivity contribution in [3.63, 3.8) is 0 Å². The molecule has 0 aliphatic carbocycles. The predicted octanol–water partition coefficient (Wildman–Crippen LogP) is 3.79. The van der Waals surface area contributed by atoms with E-state index in [1.165, 1.54) is 0 Å². The van der Waals surface area contributed by atoms with Crippen LogP contribution in [0.2, 0.25) is 5.02 Å². The first-order chi connectivity index (χ1) is 12.1. The molecule has 1 fully saturated rings. The number of rotatable bonds is 4. The lowest BCUT2D eigenvalue weighted by molar-refractivity contribution is -0.133. The molecule has 3 rings (SSSR count). The topological polar surface area (TPSA) is 41.6 Å². The highest BCUT2D eigenvalue weighted by molar-refractivity contribution is 6.31. The second kappa shape index (κ2) is 9.26. The first-order valence-corrected chi connectivity index (χ1v) is 8.86. The van der Waals surface area contributed by atoms with Gasteiger partial charge in [0.05, 0.1) is 19.6 Å². The van der Waals surface area contributed by atoms with Crippen LogP contribution in [0.1, 0.15) is 22.7 Å². The lowest BCUT2D eigenvalue weighted by atomic mass is 10.0. The second-order valence-electron chi connectivity index (χ2n) is 6.32. The first kappa shape index (κ1) is 20.6. The Kier molecular flexibility index (Phi) is 7.33. The summed E-state index contributed by atoms with van der Waals surface area (Å²) in [5.74, 6) is 0.846. The minimum Gasteiger partial charge on any atom is -0.496 e. The Labute approximate surface area is 165 Å². The van der Waals surface area contributed by atoms with Crippen molar-refractivity contribution in [3.8, 4) is 5.75 Å². The van der Waals surface area contributed by atoms with E-state index in [0.29, 0.717) is 24.5 Å². The minimum atomic E-state index is -0.0502. The standard InChI is InChI=1S/C20H23ClN2O2.ClH/c1-14-7-8-19(25-2)15(11-14)12-20(24)23-10-9-22-13-18(23)16-5-3-4-6-17(16)21;/h3-8,11,18,22H,9-10,12-13H2,1-2H3;1H. The molecule has 0 bridgehead atoms. The number of hydrogen-bond acceptors (Lipinski definition) is 3. The van der Waals surface area contributed by atoms with E-state index in [2.05, 4.69) is 5.32 Å². The van der Waals surface area contributed by atoms with Gasteiger partial charge in [-0.05, 0) is 24.6 Å². The first-order valence-electron chi connectivity index (χ1n) is 8.48. The molecule has 0 aromatic heterocycles. The number of benzene rings is 2. The second-order valence-corrected chi connectivity index (χ2v) is 6.73. The van der Waals surface area contributed by atoms with Crippen LogP contribution in [0.5, 0.6) is 5.75 Å². The molecule has 1 amide bonds. The number of amides is 1. The summed E-state index contributed by atoms with van der Waals surface area (Å²) in [7, 11) is 1.63. The molecular weight excluding hydrogens is 371 g/mol. The van der Waals surface area contributed by atoms with Gasteiger partial charge in [-0.2, -0.15) is 0 Å². The lowest BCUT2D eigenvalue weighted by Crippen LogP contribution is -2.49. The summed E-state index contributed by atoms with van der Waals surface area (Å²) in [6.07, 6.45) is 0.325. The third-order valence-corrected chi connectivity index (χ3v) is 4.95. The predicted molar refractivity (Wildman–Crippen MR) is 107 cm³/mol. The van der Waals surface area contributed by atoms with Gasteiger partial charge in [0, 0.05) is 30.2 Å². The number of carbonyl (C=O) groups is 1. The molecule has 26 heavy (non-hydrogen) atoms. The number of nitrogens with zero attached hydrogens (tertiary/aromatic N) is 1. The summed E-state index contributed by atoms with van der Waals surface area (Å²) in [6, 6.07) is 13.6. The SMILES string of the molecule is COc1ccc(C)cc1CC(=O)N1CCNCC1c1ccccc1Cl.Cl. The van der Waals surface area contributed by atoms with Crippen molar-refractivity contribution in [1.29, 1.82) is 0 Å². The highest BCUT2D eigenvalue weighted by atomic mass is 35.5. The summed E-state index contributed by atoms with van der Waals surface area (Å²) < 4.78 is 5.41. The van der Waals surface area contributed by atoms with Gasteiger partial charge < -0.3 is 15.0 Å². The number of aryl methyl sites for hydroxylation is 1. The number of halogens is 2. The average Bonchev–Trinajstić information content (AvgIpc) is 2.62. The van der Waals surface area contributed by atoms with Gasteiger partial charge >= 0.3 is 0 Å². The van der Waals surface area contributed by atoms with E-state index < -0.39 is 0 Å². The van der Waals surface area contributed by atoms with Crippen molar-refractivity contribution in [2.45, 2.75) is 19.4 Å². The molecule has 1 heterocycles. The fraction of sp³-hybridized carbons (Fsp3) is 0.350. The van der Waals surface area contributed by atoms with Gasteiger partial charge in [0.25, 0.3) is 0 Å². The zero-order valence-electron chi connectivity index (χ0n) is 15.0. The smallest absolute Gasteiger partial charge is 0.227 e. The monoisotopic (exact) mass is 394 g/mol. The zero-order valence-corrected chi connectivity index (χ0v) is 16.6. The number of carbonyl (C=O) groups excluding carboxylic acids is 1. The van der Waals surface area contributed by atoms with Gasteiger partial charge in [-0.15, -0.1) is 12.4 Å². The maximum absolute atomic E-state index is 13.0. The van der Waals surface area contributed by atoms with Gasteiger partial charge in [-0.3, -0.25) is 4.79 Å². The van der Waals surface area contributed by atoms with E-state index in [-0.39, 0.29) is 24.4 Å². The van der Waals surface area contributed by atoms with E-state index in [4.69, 9.17) is 16.3 Å². The maximum atomic E-state index is 13.0. The number of ether oxygens (including phenoxy) is 1. The molecule has 0 radical (unpaired) electrons. The number of nitrogens with one attached hydrogen (secondary N) is 1. The van der Waals surface area contributed by atoms with Crippen molar-refractivity contribution in [2.75, 3.05) is 26.7 Å². The van der Waals surface area contributed by atoms with Crippen LogP contribution in [-0.2, 0) is 11.2 Å². The third kappa shape index (κ3) is 4.50. The van der Waals surface area contributed by atoms with Crippen LogP contribution in [0.15, 0.2) is 42.5 Å². The zero-order chi connectivity index (χ0) is 17.8. The van der Waals surface area contributed by atoms with E-state index in [1.807, 2.05) is 54.3 Å². The van der Waals surface area contributed by atoms with Crippen molar-refractivity contribution in [3.05, 3.63) is 64.2 Å². The molecule has 1 unspecified atom stereocenters. The molecule has 1 saturated heterocycles. The van der Waals surface area contributed by atoms with Crippen LogP contribution in [0.25, 0.3) is 0 Å². The van der Waals surface area contributed by atoms with Gasteiger partial charge in [0.1, 0.15) is 5.75 Å². The summed E-state index contributed by atoms with van der Waals surface area (Å²) in [4.78, 5) is 15.0. The van der Waals surface area contributed by atoms with Gasteiger partial charge in [0.15, 0.2) is 0 Å². The minimum absolute atomic E-state index is 0. The van der Waals surface area contributed by atoms with Gasteiger partial charge in [-0.25, -0.2) is 0 Å². The molecule has 140 valence electrons. The molecule has 1 N–H and O–H groups in total. The van der Waals surface area contributed by atoms with Gasteiger partial charge in [0.2, 0.25) is 5.91 Å². The average molecular weight is 395 g/mol. The van der Waals surface area contributed by atoms with Crippen LogP contribution in [0.3, 0.4) is 0 Å². The molecule has 1 aliphatic rings. The van der Waals surface area contributed by atoms with Crippen molar-refractivity contribution >= 4 is 29.9 Å². The maximum Gasteiger partial charge on any atom is 0.227 e. The fourth-order valence-electron chi connectivity index (χ4n) is 3.34. The molecule has 1 aliphatic heterocycles. The van der Waals surface area contributed by atoms with Crippen molar-refractivity contribution < 1.29 is 9.53 Å². The van der Waals surface area contributed by atoms with E-state index in [0.717, 1.165) is 29.0 Å². The Morgan fingerprint density at radius 1 is 1.31 bits per heavy atom. The summed E-state index contributed by atoms with van der Waals surface area (Å²) in [5.41, 5.74) is 3.02. The molecule has 2 aromatic carbocycles. The molecular formula is C20H24Cl2N2O2. The molecule has 0 spiro atoms. The van der Waals surface area contributed by atoms with Crippen LogP contribution in [-0.4, -0.2) is 37.6 Å². The van der Waals surface area contributed by atoms with Gasteiger partial charge in [-0.1, -0.05) is 47.5 Å². The number of hydrogen-bond donors (Lipinski definition) is 1. The van der Waals surface area contributed by atoms with Crippen LogP contribution < -0.4 is 10.1 Å². The fourth-order valence-corrected chi connectivity index (χ4v) is 3.60. The van der Waals surface area contributed by atoms with Crippen molar-refractivity contribution in [2.24, 2.45) is 0 Å². The summed E-state index contributed by atoms with van der Waals surface area (Å²) in [6.45, 7) is 4.19. The lowest BCUT2D eigenvalue weighted by Gasteiger charge is -2.37. The van der Waals surface area contributed by atoms with Crippen molar-refractivity contribution in [1.82, 2.24) is 10.2 Å². The van der Waals surface area contributed by atoms with E-state index in [9.17, 15) is 4.79 Å². The normalized spacial score (nSPS) is 16.7. The largest absolute Gasteiger partial charge is 0.496 e. The Morgan fingerprint density at radius 2 is 2.08 bits per heavy atom. The third-order valence-electron chi connectivity index (χ3n) is 4.61. The van der Waals surface area contributed by atoms with E-state index in [1.54, 1.807) is 7.11 Å². The Bertz CT molecular complexity index is 767. The van der Waals surface area contributed by atoms with Crippen LogP contribution in [0, 0.1) is 6.92 Å². The number of piperazine rings is 1. The number of methoxy groups -OCH3 is 1. The molecule has 0 saturated carbocycles. The highest BCUT2D eigenvalue weighted by Crippen LogP contribution is 2.30. The van der Waals surface area contributed by atoms with Crippen LogP contribution >= 0.6 is 24.0 Å². The Hall–Kier alpha value is -1.75. The Morgan fingerprint density at radius 3 is 2.81 bits per heavy atom. The quantitative estimate of drug-likeness (QED) is 0.857.